The summed E-state index contributed by atoms with van der Waals surface area (Å²) in [6, 6.07) is 6.39. The summed E-state index contributed by atoms with van der Waals surface area (Å²) in [6.45, 7) is 4.54. The summed E-state index contributed by atoms with van der Waals surface area (Å²) >= 11 is 0. The van der Waals surface area contributed by atoms with Gasteiger partial charge < -0.3 is 9.64 Å². The van der Waals surface area contributed by atoms with Crippen LogP contribution >= 0.6 is 0 Å². The van der Waals surface area contributed by atoms with Gasteiger partial charge in [-0.2, -0.15) is 0 Å². The lowest BCUT2D eigenvalue weighted by atomic mass is 10.1. The van der Waals surface area contributed by atoms with Gasteiger partial charge in [-0.25, -0.2) is 0 Å². The van der Waals surface area contributed by atoms with E-state index in [1.54, 1.807) is 7.11 Å². The van der Waals surface area contributed by atoms with E-state index in [0.29, 0.717) is 0 Å². The molecule has 0 aliphatic carbocycles. The molecule has 2 nitrogen and oxygen atoms in total. The van der Waals surface area contributed by atoms with Crippen molar-refractivity contribution in [1.29, 1.82) is 0 Å². The van der Waals surface area contributed by atoms with E-state index in [4.69, 9.17) is 4.74 Å². The fourth-order valence-electron chi connectivity index (χ4n) is 2.05. The third-order valence-electron chi connectivity index (χ3n) is 2.78. The van der Waals surface area contributed by atoms with Crippen molar-refractivity contribution in [3.8, 4) is 5.75 Å². The van der Waals surface area contributed by atoms with Gasteiger partial charge in [0, 0.05) is 24.8 Å². The molecule has 1 aliphatic heterocycles. The summed E-state index contributed by atoms with van der Waals surface area (Å²) in [4.78, 5) is 2.44. The number of nitrogens with zero attached hydrogens (tertiary/aromatic N) is 1. The molecule has 0 unspecified atom stereocenters. The first-order valence-corrected chi connectivity index (χ1v) is 5.27. The van der Waals surface area contributed by atoms with Gasteiger partial charge in [-0.15, -0.1) is 0 Å². The van der Waals surface area contributed by atoms with Crippen molar-refractivity contribution in [2.45, 2.75) is 19.8 Å². The predicted octanol–water partition coefficient (Wildman–Crippen LogP) is 2.47. The molecular weight excluding hydrogens is 174 g/mol. The van der Waals surface area contributed by atoms with Crippen LogP contribution in [0.3, 0.4) is 0 Å². The second kappa shape index (κ2) is 3.91. The predicted molar refractivity (Wildman–Crippen MR) is 59.2 cm³/mol. The van der Waals surface area contributed by atoms with Gasteiger partial charge in [0.15, 0.2) is 0 Å². The minimum atomic E-state index is 0.965. The average Bonchev–Trinajstić information content (AvgIpc) is 2.61. The van der Waals surface area contributed by atoms with Crippen LogP contribution in [-0.2, 0) is 6.42 Å². The van der Waals surface area contributed by atoms with Crippen molar-refractivity contribution in [2.75, 3.05) is 25.1 Å². The molecule has 14 heavy (non-hydrogen) atoms. The van der Waals surface area contributed by atoms with Gasteiger partial charge in [-0.1, -0.05) is 13.0 Å². The van der Waals surface area contributed by atoms with Gasteiger partial charge >= 0.3 is 0 Å². The number of benzene rings is 1. The maximum atomic E-state index is 5.24. The molecule has 2 rings (SSSR count). The molecule has 1 heterocycles. The lowest BCUT2D eigenvalue weighted by Crippen LogP contribution is -2.20. The van der Waals surface area contributed by atoms with Crippen molar-refractivity contribution >= 4 is 5.69 Å². The summed E-state index contributed by atoms with van der Waals surface area (Å²) in [5.74, 6) is 0.965. The van der Waals surface area contributed by atoms with Crippen LogP contribution < -0.4 is 9.64 Å². The SMILES string of the molecule is CCCN1CCc2ccc(OC)cc21. The lowest BCUT2D eigenvalue weighted by molar-refractivity contribution is 0.415. The van der Waals surface area contributed by atoms with Crippen molar-refractivity contribution < 1.29 is 4.74 Å². The molecule has 2 heteroatoms. The Hall–Kier alpha value is -1.18. The van der Waals surface area contributed by atoms with Gasteiger partial charge in [0.05, 0.1) is 7.11 Å². The molecule has 0 aromatic heterocycles. The smallest absolute Gasteiger partial charge is 0.120 e. The molecule has 0 amide bonds. The first kappa shape index (κ1) is 9.38. The number of fused-ring (bicyclic) bond motifs is 1. The van der Waals surface area contributed by atoms with Gasteiger partial charge in [-0.05, 0) is 24.5 Å². The highest BCUT2D eigenvalue weighted by Gasteiger charge is 2.18. The van der Waals surface area contributed by atoms with Crippen LogP contribution in [0.25, 0.3) is 0 Å². The molecule has 1 aliphatic rings. The van der Waals surface area contributed by atoms with E-state index in [2.05, 4.69) is 24.0 Å². The molecule has 0 saturated heterocycles. The summed E-state index contributed by atoms with van der Waals surface area (Å²) in [5.41, 5.74) is 2.82. The largest absolute Gasteiger partial charge is 0.497 e. The normalized spacial score (nSPS) is 14.3. The fourth-order valence-corrected chi connectivity index (χ4v) is 2.05. The van der Waals surface area contributed by atoms with Crippen LogP contribution in [0, 0.1) is 0 Å². The van der Waals surface area contributed by atoms with Gasteiger partial charge in [0.25, 0.3) is 0 Å². The van der Waals surface area contributed by atoms with E-state index >= 15 is 0 Å². The van der Waals surface area contributed by atoms with Crippen LogP contribution in [0.4, 0.5) is 5.69 Å². The van der Waals surface area contributed by atoms with Crippen LogP contribution in [-0.4, -0.2) is 20.2 Å². The van der Waals surface area contributed by atoms with Crippen LogP contribution in [0.2, 0.25) is 0 Å². The number of methoxy groups -OCH3 is 1. The molecular formula is C12H17NO. The van der Waals surface area contributed by atoms with Crippen molar-refractivity contribution in [3.63, 3.8) is 0 Å². The van der Waals surface area contributed by atoms with E-state index < -0.39 is 0 Å². The first-order valence-electron chi connectivity index (χ1n) is 5.27. The third-order valence-corrected chi connectivity index (χ3v) is 2.78. The summed E-state index contributed by atoms with van der Waals surface area (Å²) in [6.07, 6.45) is 2.38. The zero-order valence-corrected chi connectivity index (χ0v) is 8.92. The van der Waals surface area contributed by atoms with Crippen molar-refractivity contribution in [1.82, 2.24) is 0 Å². The highest BCUT2D eigenvalue weighted by molar-refractivity contribution is 5.60. The highest BCUT2D eigenvalue weighted by Crippen LogP contribution is 2.31. The zero-order chi connectivity index (χ0) is 9.97. The van der Waals surface area contributed by atoms with Gasteiger partial charge in [0.1, 0.15) is 5.75 Å². The Labute approximate surface area is 85.5 Å². The molecule has 0 bridgehead atoms. The summed E-state index contributed by atoms with van der Waals surface area (Å²) < 4.78 is 5.24. The fraction of sp³-hybridized carbons (Fsp3) is 0.500. The summed E-state index contributed by atoms with van der Waals surface area (Å²) in [7, 11) is 1.72. The average molecular weight is 191 g/mol. The molecule has 0 atom stereocenters. The number of ether oxygens (including phenoxy) is 1. The Kier molecular flexibility index (Phi) is 2.62. The minimum absolute atomic E-state index is 0.965. The van der Waals surface area contributed by atoms with Gasteiger partial charge in [0.2, 0.25) is 0 Å². The first-order chi connectivity index (χ1) is 6.85. The van der Waals surface area contributed by atoms with E-state index in [1.165, 1.54) is 24.1 Å². The maximum Gasteiger partial charge on any atom is 0.120 e. The number of hydrogen-bond acceptors (Lipinski definition) is 2. The Balaban J connectivity index is 2.27. The maximum absolute atomic E-state index is 5.24. The monoisotopic (exact) mass is 191 g/mol. The second-order valence-electron chi connectivity index (χ2n) is 3.73. The quantitative estimate of drug-likeness (QED) is 0.727. The van der Waals surface area contributed by atoms with Crippen LogP contribution in [0.5, 0.6) is 5.75 Å². The Morgan fingerprint density at radius 1 is 1.43 bits per heavy atom. The molecule has 76 valence electrons. The topological polar surface area (TPSA) is 12.5 Å². The molecule has 1 aromatic carbocycles. The minimum Gasteiger partial charge on any atom is -0.497 e. The number of rotatable bonds is 3. The van der Waals surface area contributed by atoms with E-state index in [9.17, 15) is 0 Å². The molecule has 1 aromatic rings. The molecule has 0 N–H and O–H groups in total. The molecule has 0 fully saturated rings. The molecule has 0 radical (unpaired) electrons. The Morgan fingerprint density at radius 2 is 2.29 bits per heavy atom. The van der Waals surface area contributed by atoms with E-state index in [1.807, 2.05) is 6.07 Å². The lowest BCUT2D eigenvalue weighted by Gasteiger charge is -2.18. The number of anilines is 1. The van der Waals surface area contributed by atoms with E-state index in [0.717, 1.165) is 18.8 Å². The highest BCUT2D eigenvalue weighted by atomic mass is 16.5. The number of hydrogen-bond donors (Lipinski definition) is 0. The van der Waals surface area contributed by atoms with Gasteiger partial charge in [-0.3, -0.25) is 0 Å². The molecule has 0 spiro atoms. The zero-order valence-electron chi connectivity index (χ0n) is 8.92. The standard InChI is InChI=1S/C12H17NO/c1-3-7-13-8-6-10-4-5-11(14-2)9-12(10)13/h4-5,9H,3,6-8H2,1-2H3. The summed E-state index contributed by atoms with van der Waals surface area (Å²) in [5, 5.41) is 0. The Morgan fingerprint density at radius 3 is 3.00 bits per heavy atom. The van der Waals surface area contributed by atoms with E-state index in [-0.39, 0.29) is 0 Å². The van der Waals surface area contributed by atoms with Crippen molar-refractivity contribution in [3.05, 3.63) is 23.8 Å². The van der Waals surface area contributed by atoms with Crippen LogP contribution in [0.15, 0.2) is 18.2 Å². The second-order valence-corrected chi connectivity index (χ2v) is 3.73. The molecule has 0 saturated carbocycles. The van der Waals surface area contributed by atoms with Crippen molar-refractivity contribution in [2.24, 2.45) is 0 Å². The van der Waals surface area contributed by atoms with Crippen LogP contribution in [0.1, 0.15) is 18.9 Å². The Bertz CT molecular complexity index is 320. The third kappa shape index (κ3) is 1.57.